The second-order valence-corrected chi connectivity index (χ2v) is 6.96. The summed E-state index contributed by atoms with van der Waals surface area (Å²) in [6.45, 7) is 7.57. The van der Waals surface area contributed by atoms with E-state index in [2.05, 4.69) is 0 Å². The molecule has 0 aliphatic rings. The van der Waals surface area contributed by atoms with Gasteiger partial charge in [-0.05, 0) is 45.2 Å². The van der Waals surface area contributed by atoms with Gasteiger partial charge < -0.3 is 17.0 Å². The van der Waals surface area contributed by atoms with Gasteiger partial charge in [-0.1, -0.05) is 6.92 Å². The highest BCUT2D eigenvalue weighted by Crippen LogP contribution is 2.22. The van der Waals surface area contributed by atoms with Crippen LogP contribution in [0.2, 0.25) is 0 Å². The molecule has 0 spiro atoms. The van der Waals surface area contributed by atoms with E-state index in [9.17, 15) is 14.0 Å². The van der Waals surface area contributed by atoms with Crippen LogP contribution in [-0.2, 0) is 6.54 Å². The maximum atomic E-state index is 14.5. The average Bonchev–Trinajstić information content (AvgIpc) is 2.52. The molecule has 0 unspecified atom stereocenters. The van der Waals surface area contributed by atoms with Gasteiger partial charge in [0, 0.05) is 23.4 Å². The third-order valence-electron chi connectivity index (χ3n) is 4.68. The fraction of sp³-hybridized carbons (Fsp3) is 0.471. The molecule has 5 N–H and O–H groups in total. The highest BCUT2D eigenvalue weighted by atomic mass is 35.5. The standard InChI is InChI=1S/C17H24FN5O2.ClH/c1-5-22-14-8-10(13(19)6-9(2)17(3,4)20)12(18)7-11(14)15(24)23(21)16(22)25;/h7-9,19H,5-6,20-21H2,1-4H3;1H/t9-;/m1./s1. The number of hydrogen-bond donors (Lipinski definition) is 3. The van der Waals surface area contributed by atoms with Crippen LogP contribution < -0.4 is 22.8 Å². The van der Waals surface area contributed by atoms with E-state index >= 15 is 0 Å². The highest BCUT2D eigenvalue weighted by Gasteiger charge is 2.24. The Morgan fingerprint density at radius 3 is 2.42 bits per heavy atom. The molecule has 0 amide bonds. The Bertz CT molecular complexity index is 959. The van der Waals surface area contributed by atoms with Crippen molar-refractivity contribution in [3.8, 4) is 0 Å². The van der Waals surface area contributed by atoms with Gasteiger partial charge in [-0.3, -0.25) is 9.36 Å². The van der Waals surface area contributed by atoms with E-state index in [1.165, 1.54) is 10.6 Å². The van der Waals surface area contributed by atoms with Crippen molar-refractivity contribution < 1.29 is 4.39 Å². The molecule has 0 radical (unpaired) electrons. The Balaban J connectivity index is 0.00000338. The topological polar surface area (TPSA) is 120 Å². The monoisotopic (exact) mass is 385 g/mol. The van der Waals surface area contributed by atoms with Gasteiger partial charge in [0.15, 0.2) is 0 Å². The van der Waals surface area contributed by atoms with Crippen molar-refractivity contribution in [2.24, 2.45) is 11.7 Å². The van der Waals surface area contributed by atoms with Crippen molar-refractivity contribution in [3.63, 3.8) is 0 Å². The molecule has 26 heavy (non-hydrogen) atoms. The molecule has 1 heterocycles. The van der Waals surface area contributed by atoms with Crippen LogP contribution in [-0.4, -0.2) is 20.5 Å². The van der Waals surface area contributed by atoms with Gasteiger partial charge in [-0.2, -0.15) is 4.68 Å². The Morgan fingerprint density at radius 1 is 1.35 bits per heavy atom. The molecule has 0 saturated heterocycles. The van der Waals surface area contributed by atoms with Gasteiger partial charge in [0.1, 0.15) is 5.82 Å². The average molecular weight is 386 g/mol. The highest BCUT2D eigenvalue weighted by molar-refractivity contribution is 6.01. The summed E-state index contributed by atoms with van der Waals surface area (Å²) in [4.78, 5) is 24.3. The van der Waals surface area contributed by atoms with Gasteiger partial charge in [0.25, 0.3) is 5.56 Å². The minimum Gasteiger partial charge on any atom is -0.332 e. The van der Waals surface area contributed by atoms with Crippen LogP contribution in [0.15, 0.2) is 21.7 Å². The third kappa shape index (κ3) is 3.81. The second kappa shape index (κ2) is 7.59. The summed E-state index contributed by atoms with van der Waals surface area (Å²) < 4.78 is 16.3. The van der Waals surface area contributed by atoms with E-state index < -0.39 is 22.6 Å². The maximum Gasteiger partial charge on any atom is 0.350 e. The summed E-state index contributed by atoms with van der Waals surface area (Å²) in [5.41, 5.74) is 4.47. The first-order valence-electron chi connectivity index (χ1n) is 8.09. The van der Waals surface area contributed by atoms with Gasteiger partial charge >= 0.3 is 5.69 Å². The molecule has 0 aliphatic carbocycles. The minimum atomic E-state index is -0.766. The molecule has 0 saturated carbocycles. The predicted molar refractivity (Wildman–Crippen MR) is 104 cm³/mol. The number of nitrogens with one attached hydrogen (secondary N) is 1. The number of aromatic nitrogens is 2. The van der Waals surface area contributed by atoms with E-state index in [0.29, 0.717) is 4.68 Å². The van der Waals surface area contributed by atoms with Gasteiger partial charge in [-0.15, -0.1) is 12.4 Å². The summed E-state index contributed by atoms with van der Waals surface area (Å²) in [7, 11) is 0. The molecule has 1 atom stereocenters. The first kappa shape index (κ1) is 21.9. The minimum absolute atomic E-state index is 0. The number of benzene rings is 1. The molecule has 1 aromatic carbocycles. The number of nitrogens with two attached hydrogens (primary N) is 2. The number of nitrogen functional groups attached to an aromatic ring is 1. The lowest BCUT2D eigenvalue weighted by atomic mass is 9.84. The fourth-order valence-electron chi connectivity index (χ4n) is 2.62. The molecule has 0 fully saturated rings. The Kier molecular flexibility index (Phi) is 6.38. The smallest absolute Gasteiger partial charge is 0.332 e. The van der Waals surface area contributed by atoms with Crippen LogP contribution >= 0.6 is 12.4 Å². The lowest BCUT2D eigenvalue weighted by Crippen LogP contribution is -2.44. The lowest BCUT2D eigenvalue weighted by molar-refractivity contribution is 0.355. The van der Waals surface area contributed by atoms with Crippen LogP contribution in [0, 0.1) is 17.1 Å². The normalized spacial score (nSPS) is 12.7. The molecule has 0 aliphatic heterocycles. The Morgan fingerprint density at radius 2 is 1.92 bits per heavy atom. The van der Waals surface area contributed by atoms with Crippen LogP contribution in [0.5, 0.6) is 0 Å². The lowest BCUT2D eigenvalue weighted by Gasteiger charge is -2.27. The zero-order chi connectivity index (χ0) is 19.1. The Hall–Kier alpha value is -2.19. The number of aryl methyl sites for hydroxylation is 1. The van der Waals surface area contributed by atoms with E-state index in [4.69, 9.17) is 17.0 Å². The summed E-state index contributed by atoms with van der Waals surface area (Å²) in [5.74, 6) is 4.73. The molecule has 0 bridgehead atoms. The summed E-state index contributed by atoms with van der Waals surface area (Å²) in [5, 5.41) is 8.25. The van der Waals surface area contributed by atoms with Crippen molar-refractivity contribution in [3.05, 3.63) is 44.4 Å². The van der Waals surface area contributed by atoms with E-state index in [1.807, 2.05) is 20.8 Å². The molecule has 144 valence electrons. The van der Waals surface area contributed by atoms with Crippen molar-refractivity contribution in [1.82, 2.24) is 9.24 Å². The van der Waals surface area contributed by atoms with Crippen LogP contribution in [0.1, 0.15) is 39.7 Å². The van der Waals surface area contributed by atoms with Crippen LogP contribution in [0.3, 0.4) is 0 Å². The summed E-state index contributed by atoms with van der Waals surface area (Å²) >= 11 is 0. The van der Waals surface area contributed by atoms with E-state index in [0.717, 1.165) is 6.07 Å². The van der Waals surface area contributed by atoms with E-state index in [-0.39, 0.29) is 53.5 Å². The van der Waals surface area contributed by atoms with Crippen molar-refractivity contribution >= 4 is 29.0 Å². The predicted octanol–water partition coefficient (Wildman–Crippen LogP) is 1.59. The van der Waals surface area contributed by atoms with Crippen molar-refractivity contribution in [2.75, 3.05) is 5.84 Å². The molecule has 9 heteroatoms. The fourth-order valence-corrected chi connectivity index (χ4v) is 2.62. The quantitative estimate of drug-likeness (QED) is 0.534. The molecular formula is C17H25ClFN5O2. The number of rotatable bonds is 5. The number of hydrogen-bond acceptors (Lipinski definition) is 5. The zero-order valence-corrected chi connectivity index (χ0v) is 16.1. The summed E-state index contributed by atoms with van der Waals surface area (Å²) in [6.07, 6.45) is 0.274. The second-order valence-electron chi connectivity index (χ2n) is 6.96. The number of fused-ring (bicyclic) bond motifs is 1. The van der Waals surface area contributed by atoms with Gasteiger partial charge in [0.2, 0.25) is 0 Å². The molecule has 2 rings (SSSR count). The number of nitrogens with zero attached hydrogens (tertiary/aromatic N) is 2. The maximum absolute atomic E-state index is 14.5. The largest absolute Gasteiger partial charge is 0.350 e. The third-order valence-corrected chi connectivity index (χ3v) is 4.68. The first-order valence-corrected chi connectivity index (χ1v) is 8.09. The van der Waals surface area contributed by atoms with Crippen LogP contribution in [0.25, 0.3) is 10.9 Å². The van der Waals surface area contributed by atoms with E-state index in [1.54, 1.807) is 6.92 Å². The summed E-state index contributed by atoms with van der Waals surface area (Å²) in [6, 6.07) is 2.41. The molecular weight excluding hydrogens is 361 g/mol. The number of halogens is 2. The van der Waals surface area contributed by atoms with Gasteiger partial charge in [0.05, 0.1) is 10.9 Å². The first-order chi connectivity index (χ1) is 11.5. The Labute approximate surface area is 156 Å². The van der Waals surface area contributed by atoms with Gasteiger partial charge in [-0.25, -0.2) is 9.18 Å². The molecule has 7 nitrogen and oxygen atoms in total. The zero-order valence-electron chi connectivity index (χ0n) is 15.3. The molecule has 1 aromatic heterocycles. The van der Waals surface area contributed by atoms with Crippen molar-refractivity contribution in [2.45, 2.75) is 46.2 Å². The van der Waals surface area contributed by atoms with Crippen molar-refractivity contribution in [1.29, 1.82) is 5.41 Å². The molecule has 2 aromatic rings. The SMILES string of the molecule is CCn1c(=O)n(N)c(=O)c2cc(F)c(C(=N)C[C@@H](C)C(C)(C)N)cc21.Cl. The van der Waals surface area contributed by atoms with Crippen LogP contribution in [0.4, 0.5) is 4.39 Å².